The van der Waals surface area contributed by atoms with Crippen LogP contribution in [0.4, 0.5) is 0 Å². The third kappa shape index (κ3) is 5.65. The molecular weight excluding hydrogens is 332 g/mol. The number of hydrogen-bond donors (Lipinski definition) is 2. The third-order valence-electron chi connectivity index (χ3n) is 3.94. The van der Waals surface area contributed by atoms with E-state index >= 15 is 0 Å². The van der Waals surface area contributed by atoms with Gasteiger partial charge in [0.25, 0.3) is 5.91 Å². The number of furan rings is 1. The smallest absolute Gasteiger partial charge is 0.258 e. The molecular formula is C20H26N2O4. The monoisotopic (exact) mass is 358 g/mol. The van der Waals surface area contributed by atoms with Crippen LogP contribution in [0.1, 0.15) is 43.6 Å². The minimum Gasteiger partial charge on any atom is -0.483 e. The number of ether oxygens (including phenoxy) is 1. The van der Waals surface area contributed by atoms with Gasteiger partial charge in [-0.1, -0.05) is 26.0 Å². The molecule has 1 unspecified atom stereocenters. The van der Waals surface area contributed by atoms with Gasteiger partial charge < -0.3 is 19.8 Å². The molecule has 1 aromatic carbocycles. The molecule has 2 aromatic rings. The Morgan fingerprint density at radius 1 is 1.19 bits per heavy atom. The molecule has 6 nitrogen and oxygen atoms in total. The van der Waals surface area contributed by atoms with Gasteiger partial charge >= 0.3 is 0 Å². The molecule has 0 spiro atoms. The van der Waals surface area contributed by atoms with Crippen LogP contribution in [0.2, 0.25) is 0 Å². The number of amides is 2. The fraction of sp³-hybridized carbons (Fsp3) is 0.400. The van der Waals surface area contributed by atoms with E-state index in [-0.39, 0.29) is 25.0 Å². The van der Waals surface area contributed by atoms with Crippen LogP contribution in [0, 0.1) is 6.92 Å². The van der Waals surface area contributed by atoms with Crippen molar-refractivity contribution in [3.05, 3.63) is 53.5 Å². The van der Waals surface area contributed by atoms with Gasteiger partial charge in [0.15, 0.2) is 6.61 Å². The van der Waals surface area contributed by atoms with E-state index in [0.29, 0.717) is 17.4 Å². The highest BCUT2D eigenvalue weighted by Gasteiger charge is 2.17. The zero-order chi connectivity index (χ0) is 19.1. The van der Waals surface area contributed by atoms with E-state index in [1.807, 2.05) is 25.1 Å². The number of carbonyl (C=O) groups excluding carboxylic acids is 2. The van der Waals surface area contributed by atoms with E-state index in [1.165, 1.54) is 0 Å². The van der Waals surface area contributed by atoms with Gasteiger partial charge in [-0.2, -0.15) is 0 Å². The van der Waals surface area contributed by atoms with Gasteiger partial charge in [0, 0.05) is 0 Å². The van der Waals surface area contributed by atoms with E-state index in [0.717, 1.165) is 11.1 Å². The van der Waals surface area contributed by atoms with Crippen LogP contribution in [-0.4, -0.2) is 24.5 Å². The van der Waals surface area contributed by atoms with E-state index < -0.39 is 6.04 Å². The van der Waals surface area contributed by atoms with Crippen molar-refractivity contribution in [1.82, 2.24) is 10.6 Å². The molecule has 1 atom stereocenters. The molecule has 1 heterocycles. The Labute approximate surface area is 153 Å². The highest BCUT2D eigenvalue weighted by atomic mass is 16.5. The lowest BCUT2D eigenvalue weighted by Gasteiger charge is -2.16. The van der Waals surface area contributed by atoms with Gasteiger partial charge in [0.2, 0.25) is 5.91 Å². The molecule has 2 rings (SSSR count). The van der Waals surface area contributed by atoms with Crippen molar-refractivity contribution in [2.24, 2.45) is 0 Å². The van der Waals surface area contributed by atoms with Crippen LogP contribution in [0.25, 0.3) is 0 Å². The summed E-state index contributed by atoms with van der Waals surface area (Å²) >= 11 is 0. The number of hydrogen-bond acceptors (Lipinski definition) is 4. The molecule has 0 aliphatic carbocycles. The van der Waals surface area contributed by atoms with Crippen LogP contribution in [0.3, 0.4) is 0 Å². The quantitative estimate of drug-likeness (QED) is 0.760. The van der Waals surface area contributed by atoms with Crippen molar-refractivity contribution in [3.8, 4) is 5.75 Å². The Morgan fingerprint density at radius 2 is 1.96 bits per heavy atom. The lowest BCUT2D eigenvalue weighted by atomic mass is 10.0. The first-order valence-electron chi connectivity index (χ1n) is 8.69. The summed E-state index contributed by atoms with van der Waals surface area (Å²) in [6, 6.07) is 8.81. The van der Waals surface area contributed by atoms with Gasteiger partial charge in [-0.3, -0.25) is 9.59 Å². The largest absolute Gasteiger partial charge is 0.483 e. The minimum absolute atomic E-state index is 0.140. The van der Waals surface area contributed by atoms with Crippen LogP contribution in [0.5, 0.6) is 5.75 Å². The van der Waals surface area contributed by atoms with Gasteiger partial charge in [0.1, 0.15) is 17.6 Å². The van der Waals surface area contributed by atoms with Crippen molar-refractivity contribution in [1.29, 1.82) is 0 Å². The number of aryl methyl sites for hydroxylation is 1. The van der Waals surface area contributed by atoms with Crippen molar-refractivity contribution in [3.63, 3.8) is 0 Å². The average Bonchev–Trinajstić information content (AvgIpc) is 3.11. The SMILES string of the molecule is Cc1ccc(C(C)C)c(OCC(=O)NC(C)C(=O)NCc2ccco2)c1. The molecule has 2 amide bonds. The molecule has 0 aliphatic heterocycles. The summed E-state index contributed by atoms with van der Waals surface area (Å²) in [4.78, 5) is 24.1. The molecule has 0 radical (unpaired) electrons. The second-order valence-electron chi connectivity index (χ2n) is 6.57. The Kier molecular flexibility index (Phi) is 6.83. The summed E-state index contributed by atoms with van der Waals surface area (Å²) in [5.41, 5.74) is 2.11. The lowest BCUT2D eigenvalue weighted by Crippen LogP contribution is -2.46. The zero-order valence-corrected chi connectivity index (χ0v) is 15.7. The number of nitrogens with one attached hydrogen (secondary N) is 2. The third-order valence-corrected chi connectivity index (χ3v) is 3.94. The predicted molar refractivity (Wildman–Crippen MR) is 98.9 cm³/mol. The van der Waals surface area contributed by atoms with Gasteiger partial charge in [-0.15, -0.1) is 0 Å². The Balaban J connectivity index is 1.82. The topological polar surface area (TPSA) is 80.6 Å². The van der Waals surface area contributed by atoms with E-state index in [1.54, 1.807) is 25.3 Å². The van der Waals surface area contributed by atoms with Crippen molar-refractivity contribution >= 4 is 11.8 Å². The van der Waals surface area contributed by atoms with Crippen LogP contribution >= 0.6 is 0 Å². The standard InChI is InChI=1S/C20H26N2O4/c1-13(2)17-8-7-14(3)10-18(17)26-12-19(23)22-15(4)20(24)21-11-16-6-5-9-25-16/h5-10,13,15H,11-12H2,1-4H3,(H,21,24)(H,22,23). The summed E-state index contributed by atoms with van der Waals surface area (Å²) in [5, 5.41) is 5.34. The minimum atomic E-state index is -0.664. The van der Waals surface area contributed by atoms with Crippen molar-refractivity contribution in [2.45, 2.75) is 46.2 Å². The normalized spacial score (nSPS) is 11.9. The molecule has 6 heteroatoms. The molecule has 1 aromatic heterocycles. The summed E-state index contributed by atoms with van der Waals surface area (Å²) < 4.78 is 10.8. The molecule has 0 saturated carbocycles. The second kappa shape index (κ2) is 9.08. The fourth-order valence-electron chi connectivity index (χ4n) is 2.48. The zero-order valence-electron chi connectivity index (χ0n) is 15.7. The first-order valence-corrected chi connectivity index (χ1v) is 8.69. The number of benzene rings is 1. The fourth-order valence-corrected chi connectivity index (χ4v) is 2.48. The van der Waals surface area contributed by atoms with Crippen molar-refractivity contribution < 1.29 is 18.7 Å². The van der Waals surface area contributed by atoms with Crippen molar-refractivity contribution in [2.75, 3.05) is 6.61 Å². The maximum absolute atomic E-state index is 12.1. The molecule has 0 saturated heterocycles. The van der Waals surface area contributed by atoms with Crippen LogP contribution in [-0.2, 0) is 16.1 Å². The maximum atomic E-state index is 12.1. The average molecular weight is 358 g/mol. The van der Waals surface area contributed by atoms with E-state index in [9.17, 15) is 9.59 Å². The van der Waals surface area contributed by atoms with Gasteiger partial charge in [-0.05, 0) is 49.1 Å². The molecule has 0 bridgehead atoms. The molecule has 0 fully saturated rings. The highest BCUT2D eigenvalue weighted by Crippen LogP contribution is 2.27. The molecule has 140 valence electrons. The van der Waals surface area contributed by atoms with E-state index in [2.05, 4.69) is 24.5 Å². The Hall–Kier alpha value is -2.76. The van der Waals surface area contributed by atoms with Crippen LogP contribution < -0.4 is 15.4 Å². The molecule has 2 N–H and O–H groups in total. The first kappa shape index (κ1) is 19.6. The summed E-state index contributed by atoms with van der Waals surface area (Å²) in [7, 11) is 0. The summed E-state index contributed by atoms with van der Waals surface area (Å²) in [5.74, 6) is 1.01. The highest BCUT2D eigenvalue weighted by molar-refractivity contribution is 5.87. The lowest BCUT2D eigenvalue weighted by molar-refractivity contribution is -0.129. The predicted octanol–water partition coefficient (Wildman–Crippen LogP) is 2.91. The number of carbonyl (C=O) groups is 2. The second-order valence-corrected chi connectivity index (χ2v) is 6.57. The Bertz CT molecular complexity index is 738. The number of rotatable bonds is 8. The summed E-state index contributed by atoms with van der Waals surface area (Å²) in [6.07, 6.45) is 1.54. The Morgan fingerprint density at radius 3 is 2.62 bits per heavy atom. The molecule has 0 aliphatic rings. The van der Waals surface area contributed by atoms with E-state index in [4.69, 9.17) is 9.15 Å². The molecule has 26 heavy (non-hydrogen) atoms. The van der Waals surface area contributed by atoms with Crippen LogP contribution in [0.15, 0.2) is 41.0 Å². The summed E-state index contributed by atoms with van der Waals surface area (Å²) in [6.45, 7) is 7.89. The van der Waals surface area contributed by atoms with Gasteiger partial charge in [0.05, 0.1) is 12.8 Å². The van der Waals surface area contributed by atoms with Gasteiger partial charge in [-0.25, -0.2) is 0 Å². The first-order chi connectivity index (χ1) is 12.4. The maximum Gasteiger partial charge on any atom is 0.258 e.